The number of nitrogens with zero attached hydrogens (tertiary/aromatic N) is 2. The molecule has 2 amide bonds. The van der Waals surface area contributed by atoms with Crippen molar-refractivity contribution in [3.05, 3.63) is 168 Å². The first-order valence-corrected chi connectivity index (χ1v) is 23.9. The Kier molecular flexibility index (Phi) is 15.8. The summed E-state index contributed by atoms with van der Waals surface area (Å²) in [5, 5.41) is 29.9. The van der Waals surface area contributed by atoms with Crippen LogP contribution in [0.15, 0.2) is 151 Å². The number of hydrogen-bond acceptors (Lipinski definition) is 9. The van der Waals surface area contributed by atoms with Crippen molar-refractivity contribution < 1.29 is 38.9 Å². The van der Waals surface area contributed by atoms with Crippen LogP contribution in [0.4, 0.5) is 4.79 Å². The van der Waals surface area contributed by atoms with Gasteiger partial charge in [-0.3, -0.25) is 4.79 Å². The van der Waals surface area contributed by atoms with Crippen molar-refractivity contribution >= 4 is 28.5 Å². The summed E-state index contributed by atoms with van der Waals surface area (Å²) in [6, 6.07) is 38.3. The number of oxime groups is 1. The highest BCUT2D eigenvalue weighted by molar-refractivity contribution is 6.04. The van der Waals surface area contributed by atoms with Crippen LogP contribution in [0.1, 0.15) is 91.3 Å². The van der Waals surface area contributed by atoms with Crippen LogP contribution in [-0.4, -0.2) is 71.0 Å². The van der Waals surface area contributed by atoms with Crippen molar-refractivity contribution in [3.8, 4) is 11.5 Å². The van der Waals surface area contributed by atoms with Crippen LogP contribution in [0.3, 0.4) is 0 Å². The predicted molar refractivity (Wildman–Crippen MR) is 261 cm³/mol. The number of hydrogen-bond donors (Lipinski definition) is 3. The van der Waals surface area contributed by atoms with Gasteiger partial charge in [0.25, 0.3) is 5.91 Å². The van der Waals surface area contributed by atoms with E-state index in [0.29, 0.717) is 55.1 Å². The molecule has 1 saturated carbocycles. The second-order valence-corrected chi connectivity index (χ2v) is 17.8. The number of aliphatic hydroxyl groups is 2. The maximum atomic E-state index is 15.3. The molecule has 6 unspecified atom stereocenters. The summed E-state index contributed by atoms with van der Waals surface area (Å²) >= 11 is 0. The average Bonchev–Trinajstić information content (AvgIpc) is 3.36. The first kappa shape index (κ1) is 47.2. The fraction of sp³-hybridized carbons (Fsp3) is 0.375. The molecular weight excluding hydrogens is 843 g/mol. The lowest BCUT2D eigenvalue weighted by Gasteiger charge is -2.60. The summed E-state index contributed by atoms with van der Waals surface area (Å²) in [4.78, 5) is 36.9. The summed E-state index contributed by atoms with van der Waals surface area (Å²) in [7, 11) is 0. The quantitative estimate of drug-likeness (QED) is 0.0376. The Bertz CT molecular complexity index is 2530. The Morgan fingerprint density at radius 2 is 1.58 bits per heavy atom. The third kappa shape index (κ3) is 10.6. The predicted octanol–water partition coefficient (Wildman–Crippen LogP) is 10.5. The van der Waals surface area contributed by atoms with Gasteiger partial charge in [0, 0.05) is 49.8 Å². The Balaban J connectivity index is 1.29. The molecule has 0 spiro atoms. The van der Waals surface area contributed by atoms with Gasteiger partial charge in [0.1, 0.15) is 24.1 Å². The van der Waals surface area contributed by atoms with Crippen molar-refractivity contribution in [2.45, 2.75) is 89.2 Å². The lowest BCUT2D eigenvalue weighted by molar-refractivity contribution is -0.254. The van der Waals surface area contributed by atoms with E-state index in [1.807, 2.05) is 120 Å². The molecular formula is C56H63N3O8. The number of rotatable bonds is 21. The van der Waals surface area contributed by atoms with E-state index < -0.39 is 23.8 Å². The minimum absolute atomic E-state index is 0.00319. The van der Waals surface area contributed by atoms with Crippen LogP contribution in [-0.2, 0) is 22.7 Å². The monoisotopic (exact) mass is 905 g/mol. The fourth-order valence-electron chi connectivity index (χ4n) is 10.5. The largest absolute Gasteiger partial charge is 0.459 e. The number of ether oxygens (including phenoxy) is 3. The van der Waals surface area contributed by atoms with E-state index in [9.17, 15) is 15.0 Å². The number of aliphatic hydroxyl groups excluding tert-OH is 2. The molecule has 2 aliphatic carbocycles. The Labute approximate surface area is 394 Å². The summed E-state index contributed by atoms with van der Waals surface area (Å²) in [6.07, 6.45) is 8.84. The van der Waals surface area contributed by atoms with Crippen LogP contribution in [0, 0.1) is 17.8 Å². The van der Waals surface area contributed by atoms with Gasteiger partial charge in [0.2, 0.25) is 5.79 Å². The molecule has 11 nitrogen and oxygen atoms in total. The third-order valence-corrected chi connectivity index (χ3v) is 13.5. The van der Waals surface area contributed by atoms with Crippen molar-refractivity contribution in [1.29, 1.82) is 0 Å². The lowest BCUT2D eigenvalue weighted by atomic mass is 9.55. The molecule has 0 saturated heterocycles. The maximum absolute atomic E-state index is 15.3. The van der Waals surface area contributed by atoms with Crippen molar-refractivity contribution in [1.82, 2.24) is 10.2 Å². The number of carbonyl (C=O) groups excluding carboxylic acids is 2. The molecule has 1 aliphatic heterocycles. The molecule has 6 atom stereocenters. The Hall–Kier alpha value is -6.27. The summed E-state index contributed by atoms with van der Waals surface area (Å²) < 4.78 is 20.6. The highest BCUT2D eigenvalue weighted by Crippen LogP contribution is 2.62. The number of allylic oxidation sites excluding steroid dienone is 1. The van der Waals surface area contributed by atoms with Gasteiger partial charge in [-0.25, -0.2) is 4.79 Å². The maximum Gasteiger partial charge on any atom is 0.412 e. The van der Waals surface area contributed by atoms with Gasteiger partial charge in [-0.05, 0) is 102 Å². The normalized spacial score (nSPS) is 22.2. The molecule has 67 heavy (non-hydrogen) atoms. The molecule has 0 aromatic heterocycles. The zero-order chi connectivity index (χ0) is 46.6. The van der Waals surface area contributed by atoms with Crippen LogP contribution in [0.25, 0.3) is 10.8 Å². The highest BCUT2D eigenvalue weighted by Gasteiger charge is 2.65. The highest BCUT2D eigenvalue weighted by atomic mass is 16.7. The molecule has 5 aromatic rings. The van der Waals surface area contributed by atoms with Crippen LogP contribution >= 0.6 is 0 Å². The molecule has 5 aromatic carbocycles. The summed E-state index contributed by atoms with van der Waals surface area (Å²) in [6.45, 7) is 7.40. The van der Waals surface area contributed by atoms with Crippen molar-refractivity contribution in [2.75, 3.05) is 26.4 Å². The van der Waals surface area contributed by atoms with Crippen LogP contribution < -0.4 is 14.8 Å². The molecule has 350 valence electrons. The van der Waals surface area contributed by atoms with Crippen molar-refractivity contribution in [2.24, 2.45) is 22.9 Å². The first-order valence-electron chi connectivity index (χ1n) is 23.9. The standard InChI is InChI=1S/C56H63N3O8/c1-3-29-59(54(62)44-26-25-41-21-11-12-22-42(41)33-44)51-36-49(58-65-38-40-19-9-6-10-20-40)47-34-43(23-13-15-30-60)46(24-14-16-31-61)52-48-35-45(66-55(63)57-37-39-17-7-5-8-18-39)27-28-50(48)67-56(51,53(47)52)64-32-4-2/h4-12,17-22,25-28,33-35,43,46,51-53,60-61H,2-3,13-16,23-24,29-32,36-38H2,1H3,(H,57,63). The number of fused-ring (bicyclic) bond motifs is 3. The van der Waals surface area contributed by atoms with Gasteiger partial charge in [0.05, 0.1) is 18.2 Å². The molecule has 1 fully saturated rings. The molecule has 8 rings (SSSR count). The molecule has 0 bridgehead atoms. The topological polar surface area (TPSA) is 139 Å². The van der Waals surface area contributed by atoms with E-state index in [1.54, 1.807) is 12.1 Å². The molecule has 3 aliphatic rings. The zero-order valence-corrected chi connectivity index (χ0v) is 38.4. The SMILES string of the molecule is C=CCOC12Oc3ccc(OC(=O)NCc4ccccc4)cc3C3C(CCCCO)C(CCCCO)C=C(C(=NOCc4ccccc4)CC1N(CCC)C(=O)c1ccc4ccccc4c1)C32. The number of amides is 2. The molecule has 1 heterocycles. The van der Waals surface area contributed by atoms with E-state index in [1.165, 1.54) is 0 Å². The lowest BCUT2D eigenvalue weighted by Crippen LogP contribution is -2.70. The fourth-order valence-corrected chi connectivity index (χ4v) is 10.5. The van der Waals surface area contributed by atoms with E-state index >= 15 is 4.79 Å². The first-order chi connectivity index (χ1) is 32.9. The minimum Gasteiger partial charge on any atom is -0.459 e. The van der Waals surface area contributed by atoms with Gasteiger partial charge < -0.3 is 39.5 Å². The Morgan fingerprint density at radius 1 is 0.866 bits per heavy atom. The van der Waals surface area contributed by atoms with Gasteiger partial charge in [0.15, 0.2) is 0 Å². The van der Waals surface area contributed by atoms with E-state index in [0.717, 1.165) is 58.7 Å². The van der Waals surface area contributed by atoms with Gasteiger partial charge in [-0.15, -0.1) is 6.58 Å². The summed E-state index contributed by atoms with van der Waals surface area (Å²) in [5.41, 5.74) is 4.97. The van der Waals surface area contributed by atoms with Gasteiger partial charge in [-0.2, -0.15) is 0 Å². The molecule has 0 radical (unpaired) electrons. The van der Waals surface area contributed by atoms with E-state index in [-0.39, 0.29) is 56.5 Å². The zero-order valence-electron chi connectivity index (χ0n) is 38.4. The number of nitrogens with one attached hydrogen (secondary N) is 1. The number of carbonyl (C=O) groups is 2. The average molecular weight is 906 g/mol. The molecule has 11 heteroatoms. The van der Waals surface area contributed by atoms with Gasteiger partial charge in [-0.1, -0.05) is 128 Å². The van der Waals surface area contributed by atoms with Gasteiger partial charge >= 0.3 is 6.09 Å². The number of benzene rings is 5. The second kappa shape index (κ2) is 22.5. The molecule has 3 N–H and O–H groups in total. The van der Waals surface area contributed by atoms with Crippen LogP contribution in [0.5, 0.6) is 11.5 Å². The number of unbranched alkanes of at least 4 members (excludes halogenated alkanes) is 2. The van der Waals surface area contributed by atoms with E-state index in [4.69, 9.17) is 24.2 Å². The van der Waals surface area contributed by atoms with Crippen molar-refractivity contribution in [3.63, 3.8) is 0 Å². The minimum atomic E-state index is -1.43. The summed E-state index contributed by atoms with van der Waals surface area (Å²) in [5.74, 6) is -1.42. The smallest absolute Gasteiger partial charge is 0.412 e. The second-order valence-electron chi connectivity index (χ2n) is 17.8. The van der Waals surface area contributed by atoms with Crippen LogP contribution in [0.2, 0.25) is 0 Å². The van der Waals surface area contributed by atoms with E-state index in [2.05, 4.69) is 24.9 Å². The Morgan fingerprint density at radius 3 is 2.31 bits per heavy atom. The third-order valence-electron chi connectivity index (χ3n) is 13.5.